The summed E-state index contributed by atoms with van der Waals surface area (Å²) < 4.78 is 12.6. The Bertz CT molecular complexity index is 1000. The second-order valence-corrected chi connectivity index (χ2v) is 9.17. The topological polar surface area (TPSA) is 51.2 Å². The average molecular weight is 362 g/mol. The van der Waals surface area contributed by atoms with Crippen molar-refractivity contribution in [1.29, 1.82) is 0 Å². The molecule has 5 rings (SSSR count). The van der Waals surface area contributed by atoms with E-state index in [-0.39, 0.29) is 23.4 Å². The van der Waals surface area contributed by atoms with Gasteiger partial charge in [-0.15, -0.1) is 0 Å². The highest BCUT2D eigenvalue weighted by Gasteiger charge is 2.68. The molecule has 3 nitrogen and oxygen atoms in total. The van der Waals surface area contributed by atoms with Gasteiger partial charge in [-0.25, -0.2) is 0 Å². The largest absolute Gasteiger partial charge is 0.294 e. The second kappa shape index (κ2) is 5.34. The molecular formula is C22H18O3S. The summed E-state index contributed by atoms with van der Waals surface area (Å²) in [6, 6.07) is 14.5. The van der Waals surface area contributed by atoms with Crippen LogP contribution >= 0.6 is 0 Å². The molecule has 0 saturated heterocycles. The van der Waals surface area contributed by atoms with Gasteiger partial charge in [0.1, 0.15) is 4.75 Å². The maximum absolute atomic E-state index is 13.8. The van der Waals surface area contributed by atoms with Crippen LogP contribution < -0.4 is 0 Å². The zero-order chi connectivity index (χ0) is 18.1. The highest BCUT2D eigenvalue weighted by molar-refractivity contribution is 7.87. The molecule has 0 radical (unpaired) electrons. The standard InChI is InChI=1S/C22H18O3S/c1-13-6-10-16(11-7-13)26(25)22-15-9-8-14(12-15)19(22)20(23)17-4-2-3-5-18(17)21(22)24/h2-11,14-15,19H,12H2,1H3/t14-,15+,19+,22-,26?/m0/s1. The maximum Gasteiger partial charge on any atom is 0.183 e. The molecule has 3 aliphatic rings. The Morgan fingerprint density at radius 3 is 2.38 bits per heavy atom. The van der Waals surface area contributed by atoms with Crippen molar-refractivity contribution in [3.63, 3.8) is 0 Å². The van der Waals surface area contributed by atoms with Gasteiger partial charge in [0.15, 0.2) is 11.6 Å². The molecule has 0 aromatic heterocycles. The molecule has 2 aromatic rings. The normalized spacial score (nSPS) is 32.4. The Balaban J connectivity index is 1.76. The summed E-state index contributed by atoms with van der Waals surface area (Å²) in [5, 5.41) is 0. The highest BCUT2D eigenvalue weighted by atomic mass is 32.2. The number of aryl methyl sites for hydroxylation is 1. The van der Waals surface area contributed by atoms with Crippen molar-refractivity contribution in [3.8, 4) is 0 Å². The van der Waals surface area contributed by atoms with Crippen LogP contribution in [0, 0.1) is 24.7 Å². The van der Waals surface area contributed by atoms with E-state index in [2.05, 4.69) is 0 Å². The second-order valence-electron chi connectivity index (χ2n) is 7.48. The van der Waals surface area contributed by atoms with E-state index in [9.17, 15) is 13.8 Å². The Morgan fingerprint density at radius 2 is 1.65 bits per heavy atom. The van der Waals surface area contributed by atoms with Crippen LogP contribution in [-0.2, 0) is 10.8 Å². The predicted octanol–water partition coefficient (Wildman–Crippen LogP) is 3.74. The lowest BCUT2D eigenvalue weighted by molar-refractivity contribution is 0.0752. The van der Waals surface area contributed by atoms with Gasteiger partial charge in [-0.3, -0.25) is 13.8 Å². The van der Waals surface area contributed by atoms with E-state index >= 15 is 0 Å². The zero-order valence-electron chi connectivity index (χ0n) is 14.3. The summed E-state index contributed by atoms with van der Waals surface area (Å²) in [5.41, 5.74) is 1.99. The van der Waals surface area contributed by atoms with Crippen molar-refractivity contribution in [3.05, 3.63) is 77.4 Å². The van der Waals surface area contributed by atoms with E-state index in [1.165, 1.54) is 0 Å². The molecule has 2 bridgehead atoms. The Kier molecular flexibility index (Phi) is 3.26. The molecule has 3 aliphatic carbocycles. The summed E-state index contributed by atoms with van der Waals surface area (Å²) in [6.07, 6.45) is 4.78. The molecule has 1 saturated carbocycles. The maximum atomic E-state index is 13.8. The van der Waals surface area contributed by atoms with Crippen molar-refractivity contribution < 1.29 is 13.8 Å². The molecule has 0 heterocycles. The summed E-state index contributed by atoms with van der Waals surface area (Å²) in [6.45, 7) is 1.97. The number of Topliss-reactive ketones (excluding diaryl/α,β-unsaturated/α-hetero) is 2. The molecule has 1 unspecified atom stereocenters. The number of carbonyl (C=O) groups excluding carboxylic acids is 2. The van der Waals surface area contributed by atoms with E-state index in [0.717, 1.165) is 12.0 Å². The van der Waals surface area contributed by atoms with Gasteiger partial charge in [-0.1, -0.05) is 54.1 Å². The lowest BCUT2D eigenvalue weighted by Gasteiger charge is -2.42. The molecule has 0 N–H and O–H groups in total. The fourth-order valence-electron chi connectivity index (χ4n) is 5.01. The number of rotatable bonds is 2. The summed E-state index contributed by atoms with van der Waals surface area (Å²) in [7, 11) is -1.58. The SMILES string of the molecule is Cc1ccc(S(=O)[C@]23C(=O)c4ccccc4C(=O)[C@H]2[C@H]2C=C[C@@H]3C2)cc1. The number of allylic oxidation sites excluding steroid dienone is 2. The van der Waals surface area contributed by atoms with Gasteiger partial charge in [0, 0.05) is 21.9 Å². The van der Waals surface area contributed by atoms with Gasteiger partial charge in [0.2, 0.25) is 0 Å². The number of carbonyl (C=O) groups is 2. The zero-order valence-corrected chi connectivity index (χ0v) is 15.2. The van der Waals surface area contributed by atoms with Crippen LogP contribution in [-0.4, -0.2) is 20.5 Å². The van der Waals surface area contributed by atoms with E-state index in [0.29, 0.717) is 16.0 Å². The van der Waals surface area contributed by atoms with Crippen molar-refractivity contribution in [1.82, 2.24) is 0 Å². The van der Waals surface area contributed by atoms with Crippen LogP contribution in [0.4, 0.5) is 0 Å². The van der Waals surface area contributed by atoms with E-state index in [4.69, 9.17) is 0 Å². The molecule has 130 valence electrons. The first-order valence-corrected chi connectivity index (χ1v) is 10.0. The molecule has 4 heteroatoms. The third-order valence-corrected chi connectivity index (χ3v) is 8.23. The first-order valence-electron chi connectivity index (χ1n) is 8.90. The number of ketones is 2. The molecule has 1 fully saturated rings. The fourth-order valence-corrected chi connectivity index (χ4v) is 7.02. The number of hydrogen-bond acceptors (Lipinski definition) is 3. The van der Waals surface area contributed by atoms with Crippen LogP contribution in [0.5, 0.6) is 0 Å². The minimum atomic E-state index is -1.58. The lowest BCUT2D eigenvalue weighted by atomic mass is 9.68. The minimum absolute atomic E-state index is 0.000737. The van der Waals surface area contributed by atoms with Crippen molar-refractivity contribution >= 4 is 22.4 Å². The van der Waals surface area contributed by atoms with Crippen LogP contribution in [0.3, 0.4) is 0 Å². The van der Waals surface area contributed by atoms with Crippen molar-refractivity contribution in [2.45, 2.75) is 23.0 Å². The van der Waals surface area contributed by atoms with E-state index < -0.39 is 21.5 Å². The van der Waals surface area contributed by atoms with Crippen LogP contribution in [0.25, 0.3) is 0 Å². The monoisotopic (exact) mass is 362 g/mol. The van der Waals surface area contributed by atoms with Crippen LogP contribution in [0.15, 0.2) is 65.6 Å². The quantitative estimate of drug-likeness (QED) is 0.765. The Hall–Kier alpha value is -2.33. The van der Waals surface area contributed by atoms with Crippen LogP contribution in [0.1, 0.15) is 32.7 Å². The highest BCUT2D eigenvalue weighted by Crippen LogP contribution is 2.59. The Morgan fingerprint density at radius 1 is 0.962 bits per heavy atom. The van der Waals surface area contributed by atoms with Crippen molar-refractivity contribution in [2.24, 2.45) is 17.8 Å². The molecule has 0 spiro atoms. The molecule has 0 amide bonds. The summed E-state index contributed by atoms with van der Waals surface area (Å²) in [5.74, 6) is -0.836. The van der Waals surface area contributed by atoms with Gasteiger partial charge in [-0.2, -0.15) is 0 Å². The van der Waals surface area contributed by atoms with E-state index in [1.807, 2.05) is 43.3 Å². The predicted molar refractivity (Wildman–Crippen MR) is 99.6 cm³/mol. The third-order valence-electron chi connectivity index (χ3n) is 6.17. The minimum Gasteiger partial charge on any atom is -0.294 e. The molecule has 2 aromatic carbocycles. The van der Waals surface area contributed by atoms with Gasteiger partial charge >= 0.3 is 0 Å². The van der Waals surface area contributed by atoms with Gasteiger partial charge < -0.3 is 0 Å². The Labute approximate surface area is 154 Å². The smallest absolute Gasteiger partial charge is 0.183 e. The van der Waals surface area contributed by atoms with Gasteiger partial charge in [0.25, 0.3) is 0 Å². The summed E-state index contributed by atoms with van der Waals surface area (Å²) >= 11 is 0. The van der Waals surface area contributed by atoms with Gasteiger partial charge in [-0.05, 0) is 31.4 Å². The molecule has 26 heavy (non-hydrogen) atoms. The van der Waals surface area contributed by atoms with Gasteiger partial charge in [0.05, 0.1) is 16.7 Å². The molecule has 5 atom stereocenters. The fraction of sp³-hybridized carbons (Fsp3) is 0.273. The number of hydrogen-bond donors (Lipinski definition) is 0. The summed E-state index contributed by atoms with van der Waals surface area (Å²) in [4.78, 5) is 27.6. The number of fused-ring (bicyclic) bond motifs is 6. The first kappa shape index (κ1) is 15.9. The molecular weight excluding hydrogens is 344 g/mol. The first-order chi connectivity index (χ1) is 12.5. The molecule has 0 aliphatic heterocycles. The average Bonchev–Trinajstić information content (AvgIpc) is 3.27. The van der Waals surface area contributed by atoms with Crippen LogP contribution in [0.2, 0.25) is 0 Å². The third kappa shape index (κ3) is 1.80. The lowest BCUT2D eigenvalue weighted by Crippen LogP contribution is -2.58. The van der Waals surface area contributed by atoms with E-state index in [1.54, 1.807) is 24.3 Å². The number of benzene rings is 2. The van der Waals surface area contributed by atoms with Crippen molar-refractivity contribution in [2.75, 3.05) is 0 Å².